The first-order valence-corrected chi connectivity index (χ1v) is 11.2. The first kappa shape index (κ1) is 20.7. The number of amides is 1. The summed E-state index contributed by atoms with van der Waals surface area (Å²) in [5.74, 6) is 0.660. The zero-order valence-electron chi connectivity index (χ0n) is 18.2. The summed E-state index contributed by atoms with van der Waals surface area (Å²) in [5, 5.41) is 7.28. The summed E-state index contributed by atoms with van der Waals surface area (Å²) in [7, 11) is 1.81. The lowest BCUT2D eigenvalue weighted by Gasteiger charge is -2.31. The number of hydrogen-bond donors (Lipinski definition) is 1. The fourth-order valence-corrected chi connectivity index (χ4v) is 4.42. The number of rotatable bonds is 5. The molecule has 1 amide bonds. The number of anilines is 1. The molecule has 0 atom stereocenters. The molecule has 9 nitrogen and oxygen atoms in total. The van der Waals surface area contributed by atoms with Crippen LogP contribution >= 0.6 is 0 Å². The van der Waals surface area contributed by atoms with Gasteiger partial charge in [-0.3, -0.25) is 14.5 Å². The largest absolute Gasteiger partial charge is 0.488 e. The number of nitrogens with one attached hydrogen (secondary N) is 1. The quantitative estimate of drug-likeness (QED) is 0.656. The third kappa shape index (κ3) is 4.52. The van der Waals surface area contributed by atoms with E-state index in [1.807, 2.05) is 7.05 Å². The Bertz CT molecular complexity index is 1090. The molecule has 0 radical (unpaired) electrons. The van der Waals surface area contributed by atoms with E-state index in [-0.39, 0.29) is 18.1 Å². The molecule has 9 heteroatoms. The van der Waals surface area contributed by atoms with Gasteiger partial charge < -0.3 is 19.7 Å². The minimum absolute atomic E-state index is 0.0862. The minimum Gasteiger partial charge on any atom is -0.488 e. The summed E-state index contributed by atoms with van der Waals surface area (Å²) in [5.41, 5.74) is 3.17. The summed E-state index contributed by atoms with van der Waals surface area (Å²) < 4.78 is 13.6. The van der Waals surface area contributed by atoms with Crippen molar-refractivity contribution < 1.29 is 14.3 Å². The maximum atomic E-state index is 12.4. The number of ether oxygens (including phenoxy) is 2. The molecule has 3 heterocycles. The lowest BCUT2D eigenvalue weighted by atomic mass is 9.92. The number of morpholine rings is 1. The molecular formula is C23H28N6O3. The molecule has 1 saturated carbocycles. The molecule has 5 rings (SSSR count). The van der Waals surface area contributed by atoms with Crippen molar-refractivity contribution >= 4 is 22.6 Å². The van der Waals surface area contributed by atoms with Crippen LogP contribution in [0.2, 0.25) is 0 Å². The van der Waals surface area contributed by atoms with Gasteiger partial charge in [-0.25, -0.2) is 4.98 Å². The van der Waals surface area contributed by atoms with Crippen LogP contribution in [0.1, 0.15) is 36.2 Å². The van der Waals surface area contributed by atoms with E-state index in [1.54, 1.807) is 29.3 Å². The number of benzene rings is 1. The number of aryl methyl sites for hydroxylation is 1. The highest BCUT2D eigenvalue weighted by Crippen LogP contribution is 2.33. The van der Waals surface area contributed by atoms with E-state index in [0.29, 0.717) is 5.69 Å². The Kier molecular flexibility index (Phi) is 5.89. The molecule has 2 fully saturated rings. The van der Waals surface area contributed by atoms with Crippen molar-refractivity contribution in [1.82, 2.24) is 25.1 Å². The molecule has 0 unspecified atom stereocenters. The van der Waals surface area contributed by atoms with Crippen LogP contribution in [0.15, 0.2) is 36.8 Å². The Balaban J connectivity index is 1.25. The second-order valence-electron chi connectivity index (χ2n) is 8.41. The highest BCUT2D eigenvalue weighted by Gasteiger charge is 2.26. The molecule has 32 heavy (non-hydrogen) atoms. The van der Waals surface area contributed by atoms with Gasteiger partial charge in [0.25, 0.3) is 5.91 Å². The molecule has 168 valence electrons. The summed E-state index contributed by atoms with van der Waals surface area (Å²) >= 11 is 0. The summed E-state index contributed by atoms with van der Waals surface area (Å²) in [6.45, 7) is 3.16. The topological polar surface area (TPSA) is 94.4 Å². The zero-order valence-corrected chi connectivity index (χ0v) is 18.2. The Morgan fingerprint density at radius 3 is 2.66 bits per heavy atom. The van der Waals surface area contributed by atoms with Gasteiger partial charge in [0.05, 0.1) is 24.8 Å². The highest BCUT2D eigenvalue weighted by molar-refractivity contribution is 5.92. The Labute approximate surface area is 186 Å². The van der Waals surface area contributed by atoms with Crippen molar-refractivity contribution in [2.75, 3.05) is 31.2 Å². The van der Waals surface area contributed by atoms with Crippen LogP contribution < -0.4 is 15.0 Å². The van der Waals surface area contributed by atoms with Crippen LogP contribution in [0.4, 0.5) is 5.69 Å². The number of aromatic nitrogens is 4. The third-order valence-electron chi connectivity index (χ3n) is 6.15. The first-order valence-electron chi connectivity index (χ1n) is 11.2. The van der Waals surface area contributed by atoms with Gasteiger partial charge in [-0.2, -0.15) is 5.10 Å². The fourth-order valence-electron chi connectivity index (χ4n) is 4.42. The van der Waals surface area contributed by atoms with Crippen molar-refractivity contribution in [2.24, 2.45) is 7.05 Å². The van der Waals surface area contributed by atoms with Crippen LogP contribution in [0, 0.1) is 0 Å². The van der Waals surface area contributed by atoms with E-state index in [1.165, 1.54) is 0 Å². The van der Waals surface area contributed by atoms with Gasteiger partial charge >= 0.3 is 0 Å². The fraction of sp³-hybridized carbons (Fsp3) is 0.478. The number of nitrogens with zero attached hydrogens (tertiary/aromatic N) is 5. The third-order valence-corrected chi connectivity index (χ3v) is 6.15. The van der Waals surface area contributed by atoms with Crippen molar-refractivity contribution in [2.45, 2.75) is 37.8 Å². The van der Waals surface area contributed by atoms with E-state index < -0.39 is 0 Å². The van der Waals surface area contributed by atoms with Gasteiger partial charge in [-0.1, -0.05) is 0 Å². The standard InChI is InChI=1S/C23H28N6O3/c1-28-9-6-19(27-28)23(30)26-16-2-4-18(5-3-16)32-21-15-17(29-10-12-31-13-11-29)14-20-22(21)25-8-7-24-20/h6-9,14-16,18H,2-5,10-13H2,1H3,(H,26,30)/t16-,18+. The van der Waals surface area contributed by atoms with E-state index in [4.69, 9.17) is 9.47 Å². The Hall–Kier alpha value is -3.20. The van der Waals surface area contributed by atoms with Gasteiger partial charge in [-0.05, 0) is 37.8 Å². The van der Waals surface area contributed by atoms with E-state index in [0.717, 1.165) is 74.5 Å². The van der Waals surface area contributed by atoms with Gasteiger partial charge in [0, 0.05) is 56.5 Å². The summed E-state index contributed by atoms with van der Waals surface area (Å²) in [6, 6.07) is 6.03. The van der Waals surface area contributed by atoms with Crippen LogP contribution in [-0.4, -0.2) is 64.1 Å². The molecule has 1 N–H and O–H groups in total. The Morgan fingerprint density at radius 1 is 1.12 bits per heavy atom. The zero-order chi connectivity index (χ0) is 21.9. The SMILES string of the molecule is Cn1ccc(C(=O)N[C@H]2CC[C@@H](Oc3cc(N4CCOCC4)cc4nccnc34)CC2)n1. The normalized spacial score (nSPS) is 21.5. The van der Waals surface area contributed by atoms with Crippen molar-refractivity contribution in [3.05, 3.63) is 42.5 Å². The number of carbonyl (C=O) groups is 1. The van der Waals surface area contributed by atoms with Gasteiger partial charge in [0.2, 0.25) is 0 Å². The maximum Gasteiger partial charge on any atom is 0.271 e. The van der Waals surface area contributed by atoms with E-state index in [9.17, 15) is 4.79 Å². The Morgan fingerprint density at radius 2 is 1.91 bits per heavy atom. The number of hydrogen-bond acceptors (Lipinski definition) is 7. The average molecular weight is 437 g/mol. The second-order valence-corrected chi connectivity index (χ2v) is 8.41. The average Bonchev–Trinajstić information content (AvgIpc) is 3.27. The molecule has 3 aromatic rings. The van der Waals surface area contributed by atoms with E-state index in [2.05, 4.69) is 37.4 Å². The molecular weight excluding hydrogens is 408 g/mol. The smallest absolute Gasteiger partial charge is 0.271 e. The molecule has 1 aliphatic carbocycles. The molecule has 1 saturated heterocycles. The van der Waals surface area contributed by atoms with Crippen LogP contribution in [-0.2, 0) is 11.8 Å². The second kappa shape index (κ2) is 9.12. The van der Waals surface area contributed by atoms with Gasteiger partial charge in [0.15, 0.2) is 0 Å². The minimum atomic E-state index is -0.116. The summed E-state index contributed by atoms with van der Waals surface area (Å²) in [6.07, 6.45) is 8.76. The molecule has 0 bridgehead atoms. The van der Waals surface area contributed by atoms with Crippen molar-refractivity contribution in [3.63, 3.8) is 0 Å². The maximum absolute atomic E-state index is 12.4. The summed E-state index contributed by atoms with van der Waals surface area (Å²) in [4.78, 5) is 23.7. The molecule has 2 aliphatic rings. The lowest BCUT2D eigenvalue weighted by Crippen LogP contribution is -2.40. The van der Waals surface area contributed by atoms with Crippen LogP contribution in [0.25, 0.3) is 11.0 Å². The first-order chi connectivity index (χ1) is 15.7. The number of carbonyl (C=O) groups excluding carboxylic acids is 1. The molecule has 1 aliphatic heterocycles. The van der Waals surface area contributed by atoms with Crippen LogP contribution in [0.3, 0.4) is 0 Å². The lowest BCUT2D eigenvalue weighted by molar-refractivity contribution is 0.0889. The van der Waals surface area contributed by atoms with Crippen LogP contribution in [0.5, 0.6) is 5.75 Å². The van der Waals surface area contributed by atoms with E-state index >= 15 is 0 Å². The molecule has 1 aromatic carbocycles. The van der Waals surface area contributed by atoms with Crippen molar-refractivity contribution in [3.8, 4) is 5.75 Å². The molecule has 0 spiro atoms. The predicted molar refractivity (Wildman–Crippen MR) is 120 cm³/mol. The predicted octanol–water partition coefficient (Wildman–Crippen LogP) is 2.32. The highest BCUT2D eigenvalue weighted by atomic mass is 16.5. The van der Waals surface area contributed by atoms with Gasteiger partial charge in [0.1, 0.15) is 17.0 Å². The molecule has 2 aromatic heterocycles. The van der Waals surface area contributed by atoms with Gasteiger partial charge in [-0.15, -0.1) is 0 Å². The number of fused-ring (bicyclic) bond motifs is 1. The monoisotopic (exact) mass is 436 g/mol. The van der Waals surface area contributed by atoms with Crippen molar-refractivity contribution in [1.29, 1.82) is 0 Å².